The van der Waals surface area contributed by atoms with E-state index in [4.69, 9.17) is 4.52 Å². The Kier molecular flexibility index (Phi) is 5.15. The average molecular weight is 240 g/mol. The van der Waals surface area contributed by atoms with Crippen molar-refractivity contribution in [1.82, 2.24) is 10.5 Å². The maximum atomic E-state index is 11.6. The number of aliphatic hydroxyl groups is 1. The van der Waals surface area contributed by atoms with E-state index < -0.39 is 6.10 Å². The van der Waals surface area contributed by atoms with Crippen molar-refractivity contribution < 1.29 is 14.4 Å². The van der Waals surface area contributed by atoms with Crippen molar-refractivity contribution in [3.8, 4) is 0 Å². The van der Waals surface area contributed by atoms with Crippen LogP contribution in [0.4, 0.5) is 0 Å². The van der Waals surface area contributed by atoms with Gasteiger partial charge in [0.2, 0.25) is 5.91 Å². The Morgan fingerprint density at radius 3 is 2.76 bits per heavy atom. The van der Waals surface area contributed by atoms with Crippen LogP contribution in [0.25, 0.3) is 0 Å². The smallest absolute Gasteiger partial charge is 0.224 e. The molecule has 0 spiro atoms. The molecule has 1 rings (SSSR count). The van der Waals surface area contributed by atoms with Gasteiger partial charge in [0.15, 0.2) is 0 Å². The van der Waals surface area contributed by atoms with Gasteiger partial charge in [0.05, 0.1) is 18.2 Å². The highest BCUT2D eigenvalue weighted by atomic mass is 16.5. The Morgan fingerprint density at radius 1 is 1.53 bits per heavy atom. The summed E-state index contributed by atoms with van der Waals surface area (Å²) < 4.78 is 4.98. The number of aryl methyl sites for hydroxylation is 2. The molecule has 1 amide bonds. The Labute approximate surface area is 101 Å². The Bertz CT molecular complexity index is 354. The highest BCUT2D eigenvalue weighted by molar-refractivity contribution is 5.79. The summed E-state index contributed by atoms with van der Waals surface area (Å²) in [4.78, 5) is 11.6. The second kappa shape index (κ2) is 6.39. The third kappa shape index (κ3) is 4.19. The van der Waals surface area contributed by atoms with Crippen LogP contribution in [-0.4, -0.2) is 28.8 Å². The molecular formula is C12H20N2O3. The van der Waals surface area contributed by atoms with Crippen LogP contribution in [0.5, 0.6) is 0 Å². The van der Waals surface area contributed by atoms with Crippen LogP contribution >= 0.6 is 0 Å². The molecule has 0 aromatic carbocycles. The number of hydrogen-bond acceptors (Lipinski definition) is 4. The fraction of sp³-hybridized carbons (Fsp3) is 0.667. The van der Waals surface area contributed by atoms with Crippen molar-refractivity contribution in [2.45, 2.75) is 46.1 Å². The number of carbonyl (C=O) groups is 1. The molecule has 1 heterocycles. The first-order valence-electron chi connectivity index (χ1n) is 5.91. The molecular weight excluding hydrogens is 220 g/mol. The van der Waals surface area contributed by atoms with Crippen molar-refractivity contribution in [2.24, 2.45) is 0 Å². The molecule has 0 fully saturated rings. The molecule has 5 nitrogen and oxygen atoms in total. The van der Waals surface area contributed by atoms with Crippen molar-refractivity contribution in [2.75, 3.05) is 6.54 Å². The maximum absolute atomic E-state index is 11.6. The number of aliphatic hydroxyl groups excluding tert-OH is 1. The van der Waals surface area contributed by atoms with Gasteiger partial charge in [-0.3, -0.25) is 4.79 Å². The van der Waals surface area contributed by atoms with Gasteiger partial charge < -0.3 is 14.9 Å². The lowest BCUT2D eigenvalue weighted by Gasteiger charge is -2.10. The zero-order valence-electron chi connectivity index (χ0n) is 10.6. The van der Waals surface area contributed by atoms with Crippen LogP contribution in [-0.2, 0) is 11.2 Å². The summed E-state index contributed by atoms with van der Waals surface area (Å²) in [6, 6.07) is 0. The highest BCUT2D eigenvalue weighted by Crippen LogP contribution is 2.12. The van der Waals surface area contributed by atoms with Crippen molar-refractivity contribution >= 4 is 5.91 Å². The molecule has 0 aliphatic rings. The third-order valence-corrected chi connectivity index (χ3v) is 2.68. The maximum Gasteiger partial charge on any atom is 0.224 e. The molecule has 1 aromatic heterocycles. The summed E-state index contributed by atoms with van der Waals surface area (Å²) in [6.45, 7) is 5.89. The molecule has 0 saturated carbocycles. The second-order valence-electron chi connectivity index (χ2n) is 4.23. The van der Waals surface area contributed by atoms with Gasteiger partial charge in [-0.1, -0.05) is 18.5 Å². The molecule has 0 bridgehead atoms. The summed E-state index contributed by atoms with van der Waals surface area (Å²) >= 11 is 0. The van der Waals surface area contributed by atoms with Crippen LogP contribution in [0.3, 0.4) is 0 Å². The van der Waals surface area contributed by atoms with Gasteiger partial charge >= 0.3 is 0 Å². The number of hydrogen-bond donors (Lipinski definition) is 2. The lowest BCUT2D eigenvalue weighted by molar-refractivity contribution is -0.120. The first-order chi connectivity index (χ1) is 8.04. The molecule has 1 atom stereocenters. The second-order valence-corrected chi connectivity index (χ2v) is 4.23. The lowest BCUT2D eigenvalue weighted by atomic mass is 10.1. The van der Waals surface area contributed by atoms with Gasteiger partial charge in [0, 0.05) is 12.1 Å². The largest absolute Gasteiger partial charge is 0.391 e. The molecule has 1 aromatic rings. The minimum atomic E-state index is -0.464. The Morgan fingerprint density at radius 2 is 2.24 bits per heavy atom. The quantitative estimate of drug-likeness (QED) is 0.781. The molecule has 17 heavy (non-hydrogen) atoms. The number of nitrogens with one attached hydrogen (secondary N) is 1. The van der Waals surface area contributed by atoms with E-state index in [2.05, 4.69) is 10.5 Å². The predicted molar refractivity (Wildman–Crippen MR) is 63.6 cm³/mol. The van der Waals surface area contributed by atoms with Crippen molar-refractivity contribution in [3.63, 3.8) is 0 Å². The molecule has 0 radical (unpaired) electrons. The monoisotopic (exact) mass is 240 g/mol. The predicted octanol–water partition coefficient (Wildman–Crippen LogP) is 1.11. The summed E-state index contributed by atoms with van der Waals surface area (Å²) in [5.41, 5.74) is 1.57. The van der Waals surface area contributed by atoms with Crippen LogP contribution in [0.2, 0.25) is 0 Å². The van der Waals surface area contributed by atoms with Crippen LogP contribution in [0.1, 0.15) is 36.8 Å². The standard InChI is InChI=1S/C12H20N2O3/c1-4-5-10(15)7-13-12(16)6-11-8(2)14-17-9(11)3/h10,15H,4-7H2,1-3H3,(H,13,16). The van der Waals surface area contributed by atoms with Gasteiger partial charge in [-0.15, -0.1) is 0 Å². The fourth-order valence-electron chi connectivity index (χ4n) is 1.64. The fourth-order valence-corrected chi connectivity index (χ4v) is 1.64. The van der Waals surface area contributed by atoms with E-state index in [1.54, 1.807) is 6.92 Å². The SMILES string of the molecule is CCCC(O)CNC(=O)Cc1c(C)noc1C. The van der Waals surface area contributed by atoms with E-state index in [-0.39, 0.29) is 12.3 Å². The Hall–Kier alpha value is -1.36. The first-order valence-corrected chi connectivity index (χ1v) is 5.91. The highest BCUT2D eigenvalue weighted by Gasteiger charge is 2.13. The third-order valence-electron chi connectivity index (χ3n) is 2.68. The topological polar surface area (TPSA) is 75.4 Å². The molecule has 5 heteroatoms. The van der Waals surface area contributed by atoms with E-state index in [0.29, 0.717) is 18.7 Å². The number of nitrogens with zero attached hydrogens (tertiary/aromatic N) is 1. The van der Waals surface area contributed by atoms with Gasteiger partial charge in [0.1, 0.15) is 5.76 Å². The average Bonchev–Trinajstić information content (AvgIpc) is 2.58. The van der Waals surface area contributed by atoms with Gasteiger partial charge in [0.25, 0.3) is 0 Å². The van der Waals surface area contributed by atoms with Crippen LogP contribution in [0.15, 0.2) is 4.52 Å². The molecule has 0 aliphatic heterocycles. The van der Waals surface area contributed by atoms with Crippen molar-refractivity contribution in [3.05, 3.63) is 17.0 Å². The van der Waals surface area contributed by atoms with Gasteiger partial charge in [-0.2, -0.15) is 0 Å². The zero-order valence-corrected chi connectivity index (χ0v) is 10.6. The van der Waals surface area contributed by atoms with E-state index in [0.717, 1.165) is 17.7 Å². The zero-order chi connectivity index (χ0) is 12.8. The van der Waals surface area contributed by atoms with Gasteiger partial charge in [-0.05, 0) is 20.3 Å². The molecule has 2 N–H and O–H groups in total. The molecule has 96 valence electrons. The van der Waals surface area contributed by atoms with E-state index in [1.165, 1.54) is 0 Å². The summed E-state index contributed by atoms with van der Waals surface area (Å²) in [5, 5.41) is 16.0. The number of amides is 1. The van der Waals surface area contributed by atoms with Crippen LogP contribution < -0.4 is 5.32 Å². The molecule has 1 unspecified atom stereocenters. The number of carbonyl (C=O) groups excluding carboxylic acids is 1. The molecule has 0 saturated heterocycles. The van der Waals surface area contributed by atoms with Gasteiger partial charge in [-0.25, -0.2) is 0 Å². The van der Waals surface area contributed by atoms with E-state index in [1.807, 2.05) is 13.8 Å². The van der Waals surface area contributed by atoms with E-state index >= 15 is 0 Å². The lowest BCUT2D eigenvalue weighted by Crippen LogP contribution is -2.33. The molecule has 0 aliphatic carbocycles. The first kappa shape index (κ1) is 13.7. The number of rotatable bonds is 6. The summed E-state index contributed by atoms with van der Waals surface area (Å²) in [7, 11) is 0. The van der Waals surface area contributed by atoms with E-state index in [9.17, 15) is 9.90 Å². The Balaban J connectivity index is 2.40. The summed E-state index contributed by atoms with van der Waals surface area (Å²) in [6.07, 6.45) is 1.39. The normalized spacial score (nSPS) is 12.5. The summed E-state index contributed by atoms with van der Waals surface area (Å²) in [5.74, 6) is 0.557. The van der Waals surface area contributed by atoms with Crippen molar-refractivity contribution in [1.29, 1.82) is 0 Å². The number of aromatic nitrogens is 1. The minimum absolute atomic E-state index is 0.116. The minimum Gasteiger partial charge on any atom is -0.391 e. The van der Waals surface area contributed by atoms with Crippen LogP contribution in [0, 0.1) is 13.8 Å².